The molecule has 0 aliphatic rings. The standard InChI is InChI=1S/C18H23O2P/c1-4-5-14-20-21(19,17-10-6-15(2)7-11-17)18-12-8-16(3)9-13-18/h6-13H,4-5,14H2,1-3H3. The lowest BCUT2D eigenvalue weighted by atomic mass is 10.2. The summed E-state index contributed by atoms with van der Waals surface area (Å²) in [6.45, 7) is 6.68. The minimum Gasteiger partial charge on any atom is -0.322 e. The van der Waals surface area contributed by atoms with Crippen LogP contribution in [0.4, 0.5) is 0 Å². The van der Waals surface area contributed by atoms with Crippen LogP contribution in [0.1, 0.15) is 30.9 Å². The molecule has 2 aromatic rings. The van der Waals surface area contributed by atoms with Crippen molar-refractivity contribution >= 4 is 18.0 Å². The predicted molar refractivity (Wildman–Crippen MR) is 90.1 cm³/mol. The molecular formula is C18H23O2P. The Hall–Kier alpha value is -1.37. The number of unbranched alkanes of at least 4 members (excludes halogenated alkanes) is 1. The summed E-state index contributed by atoms with van der Waals surface area (Å²) in [6, 6.07) is 15.6. The van der Waals surface area contributed by atoms with Gasteiger partial charge in [-0.15, -0.1) is 0 Å². The van der Waals surface area contributed by atoms with E-state index >= 15 is 0 Å². The van der Waals surface area contributed by atoms with E-state index in [1.54, 1.807) is 0 Å². The summed E-state index contributed by atoms with van der Waals surface area (Å²) >= 11 is 0. The molecule has 0 unspecified atom stereocenters. The Bertz CT molecular complexity index is 565. The van der Waals surface area contributed by atoms with Gasteiger partial charge in [-0.3, -0.25) is 4.57 Å². The third kappa shape index (κ3) is 3.84. The van der Waals surface area contributed by atoms with Crippen molar-refractivity contribution in [1.82, 2.24) is 0 Å². The Labute approximate surface area is 127 Å². The van der Waals surface area contributed by atoms with E-state index in [1.165, 1.54) is 0 Å². The van der Waals surface area contributed by atoms with E-state index in [0.29, 0.717) is 6.61 Å². The molecule has 0 aromatic heterocycles. The molecule has 0 heterocycles. The van der Waals surface area contributed by atoms with Crippen molar-refractivity contribution in [3.8, 4) is 0 Å². The van der Waals surface area contributed by atoms with E-state index in [0.717, 1.165) is 34.6 Å². The summed E-state index contributed by atoms with van der Waals surface area (Å²) in [5.74, 6) is 0. The third-order valence-corrected chi connectivity index (χ3v) is 6.02. The van der Waals surface area contributed by atoms with Crippen LogP contribution in [-0.2, 0) is 9.09 Å². The first-order chi connectivity index (χ1) is 10.1. The fourth-order valence-corrected chi connectivity index (χ4v) is 4.18. The number of hydrogen-bond acceptors (Lipinski definition) is 2. The van der Waals surface area contributed by atoms with Crippen LogP contribution in [0.25, 0.3) is 0 Å². The third-order valence-electron chi connectivity index (χ3n) is 3.52. The average Bonchev–Trinajstić information content (AvgIpc) is 2.48. The SMILES string of the molecule is CCCCOP(=O)(c1ccc(C)cc1)c1ccc(C)cc1. The Kier molecular flexibility index (Phi) is 5.39. The molecule has 2 nitrogen and oxygen atoms in total. The van der Waals surface area contributed by atoms with Gasteiger partial charge in [-0.2, -0.15) is 0 Å². The van der Waals surface area contributed by atoms with Gasteiger partial charge < -0.3 is 4.52 Å². The van der Waals surface area contributed by atoms with Gasteiger partial charge >= 0.3 is 0 Å². The molecule has 3 heteroatoms. The predicted octanol–water partition coefficient (Wildman–Crippen LogP) is 4.35. The quantitative estimate of drug-likeness (QED) is 0.586. The Morgan fingerprint density at radius 1 is 0.857 bits per heavy atom. The smallest absolute Gasteiger partial charge is 0.261 e. The number of hydrogen-bond donors (Lipinski definition) is 0. The lowest BCUT2D eigenvalue weighted by Gasteiger charge is -2.19. The van der Waals surface area contributed by atoms with Crippen molar-refractivity contribution in [3.63, 3.8) is 0 Å². The monoisotopic (exact) mass is 302 g/mol. The van der Waals surface area contributed by atoms with Crippen LogP contribution in [0.3, 0.4) is 0 Å². The fourth-order valence-electron chi connectivity index (χ4n) is 2.12. The molecular weight excluding hydrogens is 279 g/mol. The van der Waals surface area contributed by atoms with Crippen LogP contribution in [0.5, 0.6) is 0 Å². The zero-order valence-corrected chi connectivity index (χ0v) is 13.9. The van der Waals surface area contributed by atoms with E-state index in [-0.39, 0.29) is 0 Å². The van der Waals surface area contributed by atoms with Crippen molar-refractivity contribution in [3.05, 3.63) is 59.7 Å². The highest BCUT2D eigenvalue weighted by atomic mass is 31.2. The van der Waals surface area contributed by atoms with E-state index in [4.69, 9.17) is 4.52 Å². The molecule has 0 N–H and O–H groups in total. The first-order valence-corrected chi connectivity index (χ1v) is 9.08. The topological polar surface area (TPSA) is 26.3 Å². The molecule has 0 bridgehead atoms. The largest absolute Gasteiger partial charge is 0.322 e. The summed E-state index contributed by atoms with van der Waals surface area (Å²) in [5, 5.41) is 1.54. The van der Waals surface area contributed by atoms with Gasteiger partial charge in [0.1, 0.15) is 0 Å². The van der Waals surface area contributed by atoms with Crippen molar-refractivity contribution in [1.29, 1.82) is 0 Å². The number of rotatable bonds is 6. The number of benzene rings is 2. The van der Waals surface area contributed by atoms with Crippen LogP contribution in [0, 0.1) is 13.8 Å². The van der Waals surface area contributed by atoms with E-state index in [2.05, 4.69) is 6.92 Å². The van der Waals surface area contributed by atoms with Gasteiger partial charge in [-0.05, 0) is 44.5 Å². The molecule has 0 radical (unpaired) electrons. The van der Waals surface area contributed by atoms with Gasteiger partial charge in [0.15, 0.2) is 0 Å². The van der Waals surface area contributed by atoms with Crippen molar-refractivity contribution in [2.24, 2.45) is 0 Å². The van der Waals surface area contributed by atoms with E-state index < -0.39 is 7.37 Å². The van der Waals surface area contributed by atoms with Crippen molar-refractivity contribution in [2.75, 3.05) is 6.61 Å². The highest BCUT2D eigenvalue weighted by Crippen LogP contribution is 2.44. The van der Waals surface area contributed by atoms with Gasteiger partial charge in [0.25, 0.3) is 7.37 Å². The zero-order valence-electron chi connectivity index (χ0n) is 13.0. The van der Waals surface area contributed by atoms with E-state index in [9.17, 15) is 4.57 Å². The van der Waals surface area contributed by atoms with Crippen LogP contribution < -0.4 is 10.6 Å². The van der Waals surface area contributed by atoms with Crippen molar-refractivity contribution in [2.45, 2.75) is 33.6 Å². The summed E-state index contributed by atoms with van der Waals surface area (Å²) in [5.41, 5.74) is 2.31. The van der Waals surface area contributed by atoms with Crippen LogP contribution in [0.15, 0.2) is 48.5 Å². The molecule has 21 heavy (non-hydrogen) atoms. The molecule has 0 saturated carbocycles. The maximum atomic E-state index is 13.5. The minimum atomic E-state index is -2.99. The normalized spacial score (nSPS) is 11.6. The Morgan fingerprint density at radius 3 is 1.67 bits per heavy atom. The highest BCUT2D eigenvalue weighted by molar-refractivity contribution is 7.74. The zero-order chi connectivity index (χ0) is 15.3. The van der Waals surface area contributed by atoms with Crippen LogP contribution in [0.2, 0.25) is 0 Å². The van der Waals surface area contributed by atoms with Gasteiger partial charge in [-0.25, -0.2) is 0 Å². The lowest BCUT2D eigenvalue weighted by Crippen LogP contribution is -2.18. The molecule has 2 aromatic carbocycles. The first-order valence-electron chi connectivity index (χ1n) is 7.45. The molecule has 0 atom stereocenters. The maximum absolute atomic E-state index is 13.5. The van der Waals surface area contributed by atoms with Gasteiger partial charge in [-0.1, -0.05) is 48.7 Å². The molecule has 0 aliphatic heterocycles. The van der Waals surface area contributed by atoms with Gasteiger partial charge in [0.2, 0.25) is 0 Å². The maximum Gasteiger partial charge on any atom is 0.261 e. The molecule has 0 spiro atoms. The Morgan fingerprint density at radius 2 is 1.29 bits per heavy atom. The molecule has 2 rings (SSSR count). The second-order valence-electron chi connectivity index (χ2n) is 5.41. The molecule has 0 fully saturated rings. The average molecular weight is 302 g/mol. The summed E-state index contributed by atoms with van der Waals surface area (Å²) in [7, 11) is -2.99. The van der Waals surface area contributed by atoms with Crippen molar-refractivity contribution < 1.29 is 9.09 Å². The number of aryl methyl sites for hydroxylation is 2. The summed E-state index contributed by atoms with van der Waals surface area (Å²) < 4.78 is 19.4. The van der Waals surface area contributed by atoms with Gasteiger partial charge in [0, 0.05) is 10.6 Å². The molecule has 0 saturated heterocycles. The Balaban J connectivity index is 2.40. The molecule has 0 aliphatic carbocycles. The summed E-state index contributed by atoms with van der Waals surface area (Å²) in [6.07, 6.45) is 1.95. The second-order valence-corrected chi connectivity index (χ2v) is 7.80. The summed E-state index contributed by atoms with van der Waals surface area (Å²) in [4.78, 5) is 0. The van der Waals surface area contributed by atoms with Crippen LogP contribution in [-0.4, -0.2) is 6.61 Å². The second kappa shape index (κ2) is 7.06. The minimum absolute atomic E-state index is 0.523. The molecule has 0 amide bonds. The fraction of sp³-hybridized carbons (Fsp3) is 0.333. The first kappa shape index (κ1) is 16.0. The van der Waals surface area contributed by atoms with Crippen LogP contribution >= 0.6 is 7.37 Å². The molecule has 112 valence electrons. The lowest BCUT2D eigenvalue weighted by molar-refractivity contribution is 0.318. The van der Waals surface area contributed by atoms with Gasteiger partial charge in [0.05, 0.1) is 6.61 Å². The highest BCUT2D eigenvalue weighted by Gasteiger charge is 2.28. The van der Waals surface area contributed by atoms with E-state index in [1.807, 2.05) is 62.4 Å².